The van der Waals surface area contributed by atoms with Crippen LogP contribution < -0.4 is 11.0 Å². The van der Waals surface area contributed by atoms with Crippen molar-refractivity contribution in [3.05, 3.63) is 70.1 Å². The van der Waals surface area contributed by atoms with Crippen LogP contribution in [0.5, 0.6) is 0 Å². The van der Waals surface area contributed by atoms with Crippen molar-refractivity contribution in [2.24, 2.45) is 0 Å². The number of carbonyl (C=O) groups excluding carboxylic acids is 1. The molecule has 9 heteroatoms. The van der Waals surface area contributed by atoms with Gasteiger partial charge in [0.25, 0.3) is 0 Å². The summed E-state index contributed by atoms with van der Waals surface area (Å²) >= 11 is 6.00. The lowest BCUT2D eigenvalue weighted by atomic mass is 10.2. The summed E-state index contributed by atoms with van der Waals surface area (Å²) in [5, 5.41) is 7.71. The highest BCUT2D eigenvalue weighted by Crippen LogP contribution is 2.20. The maximum atomic E-state index is 13.3. The van der Waals surface area contributed by atoms with Crippen molar-refractivity contribution in [1.29, 1.82) is 0 Å². The Morgan fingerprint density at radius 2 is 2.04 bits per heavy atom. The van der Waals surface area contributed by atoms with Crippen LogP contribution in [0.2, 0.25) is 5.02 Å². The minimum atomic E-state index is -0.520. The van der Waals surface area contributed by atoms with Crippen molar-refractivity contribution in [2.75, 3.05) is 5.32 Å². The van der Waals surface area contributed by atoms with Gasteiger partial charge >= 0.3 is 5.69 Å². The predicted octanol–water partition coefficient (Wildman–Crippen LogP) is 2.48. The number of anilines is 1. The van der Waals surface area contributed by atoms with Gasteiger partial charge in [0.1, 0.15) is 18.7 Å². The van der Waals surface area contributed by atoms with Crippen LogP contribution in [0.1, 0.15) is 0 Å². The number of hydrogen-bond donors (Lipinski definition) is 1. The van der Waals surface area contributed by atoms with E-state index in [0.717, 1.165) is 4.68 Å². The number of halogens is 2. The van der Waals surface area contributed by atoms with Gasteiger partial charge in [0.05, 0.1) is 16.2 Å². The molecule has 0 atom stereocenters. The average Bonchev–Trinajstić information content (AvgIpc) is 2.93. The molecule has 0 aliphatic rings. The summed E-state index contributed by atoms with van der Waals surface area (Å²) in [6.45, 7) is -0.297. The van der Waals surface area contributed by atoms with E-state index in [9.17, 15) is 14.0 Å². The second kappa shape index (κ2) is 6.23. The summed E-state index contributed by atoms with van der Waals surface area (Å²) in [7, 11) is 0. The van der Waals surface area contributed by atoms with Gasteiger partial charge in [-0.15, -0.1) is 5.10 Å². The fourth-order valence-electron chi connectivity index (χ4n) is 2.62. The molecule has 26 heavy (non-hydrogen) atoms. The first-order chi connectivity index (χ1) is 12.5. The number of nitrogens with zero attached hydrogens (tertiary/aromatic N) is 4. The van der Waals surface area contributed by atoms with Crippen molar-refractivity contribution in [3.63, 3.8) is 0 Å². The normalized spacial score (nSPS) is 11.2. The number of hydrogen-bond acceptors (Lipinski definition) is 4. The van der Waals surface area contributed by atoms with Gasteiger partial charge in [-0.25, -0.2) is 23.3 Å². The van der Waals surface area contributed by atoms with E-state index in [1.807, 2.05) is 0 Å². The van der Waals surface area contributed by atoms with Crippen molar-refractivity contribution in [1.82, 2.24) is 19.2 Å². The van der Waals surface area contributed by atoms with Crippen molar-refractivity contribution in [3.8, 4) is 0 Å². The second-order valence-electron chi connectivity index (χ2n) is 5.57. The second-order valence-corrected chi connectivity index (χ2v) is 5.98. The number of benzene rings is 2. The van der Waals surface area contributed by atoms with Crippen LogP contribution in [0.15, 0.2) is 53.6 Å². The first kappa shape index (κ1) is 16.2. The Balaban J connectivity index is 1.70. The molecule has 0 bridgehead atoms. The van der Waals surface area contributed by atoms with E-state index in [4.69, 9.17) is 11.6 Å². The fraction of sp³-hybridized carbons (Fsp3) is 0.0588. The lowest BCUT2D eigenvalue weighted by molar-refractivity contribution is -0.117. The Hall–Kier alpha value is -3.26. The van der Waals surface area contributed by atoms with E-state index in [1.165, 1.54) is 28.9 Å². The molecule has 0 spiro atoms. The Labute approximate surface area is 150 Å². The molecule has 0 unspecified atom stereocenters. The topological polar surface area (TPSA) is 81.3 Å². The zero-order chi connectivity index (χ0) is 18.3. The van der Waals surface area contributed by atoms with Gasteiger partial charge in [0.2, 0.25) is 5.91 Å². The molecule has 2 heterocycles. The van der Waals surface area contributed by atoms with E-state index in [0.29, 0.717) is 27.3 Å². The molecule has 2 aromatic carbocycles. The van der Waals surface area contributed by atoms with Gasteiger partial charge in [0.15, 0.2) is 5.65 Å². The van der Waals surface area contributed by atoms with Crippen molar-refractivity contribution < 1.29 is 9.18 Å². The third-order valence-corrected chi connectivity index (χ3v) is 4.15. The van der Waals surface area contributed by atoms with Crippen LogP contribution in [0, 0.1) is 5.82 Å². The van der Waals surface area contributed by atoms with Gasteiger partial charge in [-0.05, 0) is 24.3 Å². The molecular formula is C17H11ClFN5O2. The van der Waals surface area contributed by atoms with Crippen LogP contribution in [-0.4, -0.2) is 25.1 Å². The Morgan fingerprint density at radius 3 is 2.85 bits per heavy atom. The minimum Gasteiger partial charge on any atom is -0.323 e. The number of aromatic nitrogens is 4. The molecule has 2 aromatic heterocycles. The summed E-state index contributed by atoms with van der Waals surface area (Å²) in [6.07, 6.45) is 1.26. The molecule has 0 aliphatic carbocycles. The molecule has 4 aromatic rings. The smallest absolute Gasteiger partial charge is 0.323 e. The van der Waals surface area contributed by atoms with Crippen LogP contribution >= 0.6 is 11.6 Å². The van der Waals surface area contributed by atoms with Gasteiger partial charge in [-0.2, -0.15) is 0 Å². The van der Waals surface area contributed by atoms with Crippen molar-refractivity contribution in [2.45, 2.75) is 6.54 Å². The molecule has 4 rings (SSSR count). The zero-order valence-corrected chi connectivity index (χ0v) is 13.9. The molecule has 7 nitrogen and oxygen atoms in total. The van der Waals surface area contributed by atoms with E-state index >= 15 is 0 Å². The highest BCUT2D eigenvalue weighted by molar-refractivity contribution is 6.33. The van der Waals surface area contributed by atoms with E-state index in [1.54, 1.807) is 24.3 Å². The summed E-state index contributed by atoms with van der Waals surface area (Å²) in [6, 6.07) is 10.8. The van der Waals surface area contributed by atoms with Gasteiger partial charge < -0.3 is 5.32 Å². The Kier molecular flexibility index (Phi) is 3.89. The number of para-hydroxylation sites is 1. The number of nitrogens with one attached hydrogen (secondary N) is 1. The van der Waals surface area contributed by atoms with Crippen LogP contribution in [0.3, 0.4) is 0 Å². The summed E-state index contributed by atoms with van der Waals surface area (Å²) in [4.78, 5) is 28.7. The third-order valence-electron chi connectivity index (χ3n) is 3.82. The van der Waals surface area contributed by atoms with Gasteiger partial charge in [-0.1, -0.05) is 23.7 Å². The Morgan fingerprint density at radius 1 is 1.23 bits per heavy atom. The van der Waals surface area contributed by atoms with E-state index in [2.05, 4.69) is 15.4 Å². The minimum absolute atomic E-state index is 0.297. The molecule has 0 fully saturated rings. The first-order valence-corrected chi connectivity index (χ1v) is 7.98. The molecule has 0 aliphatic heterocycles. The highest BCUT2D eigenvalue weighted by atomic mass is 35.5. The SMILES string of the molecule is O=C(Cn1nc2c3ccc(F)cc3ncn2c1=O)Nc1ccccc1Cl. The average molecular weight is 372 g/mol. The molecule has 1 amide bonds. The van der Waals surface area contributed by atoms with E-state index in [-0.39, 0.29) is 6.54 Å². The Bertz CT molecular complexity index is 1220. The lowest BCUT2D eigenvalue weighted by Gasteiger charge is -2.06. The first-order valence-electron chi connectivity index (χ1n) is 7.61. The third kappa shape index (κ3) is 2.80. The molecule has 0 saturated heterocycles. The van der Waals surface area contributed by atoms with Gasteiger partial charge in [-0.3, -0.25) is 4.79 Å². The van der Waals surface area contributed by atoms with Crippen LogP contribution in [0.4, 0.5) is 10.1 Å². The maximum Gasteiger partial charge on any atom is 0.352 e. The standard InChI is InChI=1S/C17H11ClFN5O2/c18-12-3-1-2-4-13(12)21-15(25)8-24-17(26)23-9-20-14-7-10(19)5-6-11(14)16(23)22-24/h1-7,9H,8H2,(H,21,25). The van der Waals surface area contributed by atoms with Gasteiger partial charge in [0, 0.05) is 11.5 Å². The summed E-state index contributed by atoms with van der Waals surface area (Å²) in [5.74, 6) is -0.887. The molecule has 0 saturated carbocycles. The lowest BCUT2D eigenvalue weighted by Crippen LogP contribution is -2.28. The molecule has 0 radical (unpaired) electrons. The number of amides is 1. The highest BCUT2D eigenvalue weighted by Gasteiger charge is 2.14. The maximum absolute atomic E-state index is 13.3. The monoisotopic (exact) mass is 371 g/mol. The number of rotatable bonds is 3. The largest absolute Gasteiger partial charge is 0.352 e. The predicted molar refractivity (Wildman–Crippen MR) is 94.8 cm³/mol. The quantitative estimate of drug-likeness (QED) is 0.600. The van der Waals surface area contributed by atoms with Crippen molar-refractivity contribution >= 4 is 39.7 Å². The van der Waals surface area contributed by atoms with Crippen LogP contribution in [0.25, 0.3) is 16.6 Å². The summed E-state index contributed by atoms with van der Waals surface area (Å²) < 4.78 is 15.6. The molecular weight excluding hydrogens is 361 g/mol. The zero-order valence-electron chi connectivity index (χ0n) is 13.2. The summed E-state index contributed by atoms with van der Waals surface area (Å²) in [5.41, 5.74) is 0.590. The number of carbonyl (C=O) groups is 1. The fourth-order valence-corrected chi connectivity index (χ4v) is 2.80. The van der Waals surface area contributed by atoms with E-state index < -0.39 is 17.4 Å². The van der Waals surface area contributed by atoms with Crippen LogP contribution in [-0.2, 0) is 11.3 Å². The number of fused-ring (bicyclic) bond motifs is 3. The molecule has 130 valence electrons. The molecule has 1 N–H and O–H groups in total.